The van der Waals surface area contributed by atoms with Crippen molar-refractivity contribution in [3.63, 3.8) is 0 Å². The van der Waals surface area contributed by atoms with Crippen LogP contribution in [0.4, 0.5) is 0 Å². The van der Waals surface area contributed by atoms with Crippen LogP contribution >= 0.6 is 0 Å². The summed E-state index contributed by atoms with van der Waals surface area (Å²) in [6.07, 6.45) is 0.993. The first-order chi connectivity index (χ1) is 9.51. The number of aromatic nitrogens is 2. The molecule has 0 amide bonds. The molecule has 0 fully saturated rings. The molecule has 0 atom stereocenters. The van der Waals surface area contributed by atoms with Crippen molar-refractivity contribution in [1.29, 1.82) is 0 Å². The fraction of sp³-hybridized carbons (Fsp3) is 0.412. The van der Waals surface area contributed by atoms with Gasteiger partial charge in [0.05, 0.1) is 5.69 Å². The second-order valence-corrected chi connectivity index (χ2v) is 5.61. The third-order valence-corrected chi connectivity index (χ3v) is 3.27. The number of nitrogens with zero attached hydrogens (tertiary/aromatic N) is 2. The van der Waals surface area contributed by atoms with Crippen molar-refractivity contribution < 1.29 is 4.79 Å². The van der Waals surface area contributed by atoms with Gasteiger partial charge in [0, 0.05) is 12.1 Å². The highest BCUT2D eigenvalue weighted by Crippen LogP contribution is 2.15. The van der Waals surface area contributed by atoms with Crippen molar-refractivity contribution in [1.82, 2.24) is 9.78 Å². The molecule has 106 valence electrons. The first-order valence-electron chi connectivity index (χ1n) is 7.19. The summed E-state index contributed by atoms with van der Waals surface area (Å²) in [5.41, 5.74) is 3.52. The number of ketones is 1. The predicted molar refractivity (Wildman–Crippen MR) is 81.1 cm³/mol. The zero-order valence-electron chi connectivity index (χ0n) is 12.7. The molecule has 0 spiro atoms. The Kier molecular flexibility index (Phi) is 4.38. The molecule has 0 saturated heterocycles. The van der Waals surface area contributed by atoms with E-state index in [1.165, 1.54) is 5.56 Å². The van der Waals surface area contributed by atoms with E-state index in [-0.39, 0.29) is 5.78 Å². The summed E-state index contributed by atoms with van der Waals surface area (Å²) in [6.45, 7) is 8.99. The Morgan fingerprint density at radius 3 is 2.70 bits per heavy atom. The first kappa shape index (κ1) is 14.5. The van der Waals surface area contributed by atoms with Crippen LogP contribution in [0.3, 0.4) is 0 Å². The van der Waals surface area contributed by atoms with Crippen LogP contribution in [0.2, 0.25) is 0 Å². The number of hydrogen-bond acceptors (Lipinski definition) is 2. The van der Waals surface area contributed by atoms with Crippen LogP contribution in [0.1, 0.15) is 48.1 Å². The summed E-state index contributed by atoms with van der Waals surface area (Å²) in [4.78, 5) is 12.6. The highest BCUT2D eigenvalue weighted by molar-refractivity contribution is 6.08. The first-order valence-corrected chi connectivity index (χ1v) is 7.19. The summed E-state index contributed by atoms with van der Waals surface area (Å²) in [6, 6.07) is 9.80. The lowest BCUT2D eigenvalue weighted by atomic mass is 9.99. The van der Waals surface area contributed by atoms with Crippen molar-refractivity contribution in [3.05, 3.63) is 52.8 Å². The van der Waals surface area contributed by atoms with E-state index in [4.69, 9.17) is 0 Å². The molecule has 2 aromatic rings. The van der Waals surface area contributed by atoms with E-state index in [9.17, 15) is 4.79 Å². The molecule has 0 aliphatic heterocycles. The molecule has 0 radical (unpaired) electrons. The molecule has 20 heavy (non-hydrogen) atoms. The summed E-state index contributed by atoms with van der Waals surface area (Å²) < 4.78 is 1.77. The summed E-state index contributed by atoms with van der Waals surface area (Å²) in [7, 11) is 0. The fourth-order valence-electron chi connectivity index (χ4n) is 2.43. The van der Waals surface area contributed by atoms with E-state index >= 15 is 0 Å². The predicted octanol–water partition coefficient (Wildman–Crippen LogP) is 3.64. The van der Waals surface area contributed by atoms with Crippen molar-refractivity contribution >= 4 is 5.78 Å². The number of carbonyl (C=O) groups excluding carboxylic acids is 1. The highest BCUT2D eigenvalue weighted by Gasteiger charge is 2.15. The summed E-state index contributed by atoms with van der Waals surface area (Å²) in [5.74, 6) is 0.641. The Labute approximate surface area is 120 Å². The van der Waals surface area contributed by atoms with Gasteiger partial charge in [-0.05, 0) is 43.9 Å². The van der Waals surface area contributed by atoms with E-state index in [1.54, 1.807) is 4.68 Å². The topological polar surface area (TPSA) is 34.9 Å². The molecular formula is C17H22N2O. The Balaban J connectivity index is 2.33. The van der Waals surface area contributed by atoms with E-state index < -0.39 is 0 Å². The number of aryl methyl sites for hydroxylation is 2. The van der Waals surface area contributed by atoms with Crippen molar-refractivity contribution in [2.24, 2.45) is 5.92 Å². The molecule has 0 saturated carbocycles. The van der Waals surface area contributed by atoms with Gasteiger partial charge < -0.3 is 0 Å². The van der Waals surface area contributed by atoms with Crippen molar-refractivity contribution in [2.45, 2.75) is 40.7 Å². The van der Waals surface area contributed by atoms with Crippen LogP contribution in [-0.4, -0.2) is 15.6 Å². The molecule has 0 aliphatic rings. The molecule has 1 heterocycles. The van der Waals surface area contributed by atoms with Crippen molar-refractivity contribution in [2.75, 3.05) is 0 Å². The lowest BCUT2D eigenvalue weighted by molar-refractivity contribution is 0.102. The summed E-state index contributed by atoms with van der Waals surface area (Å²) in [5, 5.41) is 4.34. The second kappa shape index (κ2) is 6.04. The Morgan fingerprint density at radius 1 is 1.30 bits per heavy atom. The lowest BCUT2D eigenvalue weighted by Crippen LogP contribution is -2.11. The van der Waals surface area contributed by atoms with Gasteiger partial charge in [-0.25, -0.2) is 0 Å². The molecule has 0 unspecified atom stereocenters. The van der Waals surface area contributed by atoms with Crippen LogP contribution in [0.5, 0.6) is 0 Å². The number of hydrogen-bond donors (Lipinski definition) is 0. The minimum Gasteiger partial charge on any atom is -0.287 e. The molecule has 1 aromatic heterocycles. The van der Waals surface area contributed by atoms with Gasteiger partial charge in [-0.15, -0.1) is 0 Å². The zero-order chi connectivity index (χ0) is 14.7. The second-order valence-electron chi connectivity index (χ2n) is 5.61. The van der Waals surface area contributed by atoms with Crippen LogP contribution in [0, 0.1) is 12.8 Å². The quantitative estimate of drug-likeness (QED) is 0.777. The van der Waals surface area contributed by atoms with E-state index in [0.29, 0.717) is 18.2 Å². The minimum atomic E-state index is 0.0538. The fourth-order valence-corrected chi connectivity index (χ4v) is 2.43. The smallest absolute Gasteiger partial charge is 0.211 e. The molecule has 2 rings (SSSR count). The van der Waals surface area contributed by atoms with Crippen LogP contribution in [0.25, 0.3) is 0 Å². The van der Waals surface area contributed by atoms with Gasteiger partial charge in [-0.1, -0.05) is 32.0 Å². The Bertz CT molecular complexity index is 611. The molecule has 3 heteroatoms. The van der Waals surface area contributed by atoms with Crippen LogP contribution in [-0.2, 0) is 13.0 Å². The minimum absolute atomic E-state index is 0.0538. The van der Waals surface area contributed by atoms with Crippen molar-refractivity contribution in [3.8, 4) is 0 Å². The maximum Gasteiger partial charge on any atom is 0.211 e. The average Bonchev–Trinajstić information content (AvgIpc) is 2.78. The largest absolute Gasteiger partial charge is 0.287 e. The SMILES string of the molecule is CCn1nc(C)cc1C(=O)c1cccc(CC(C)C)c1. The third-order valence-electron chi connectivity index (χ3n) is 3.27. The number of benzene rings is 1. The Morgan fingerprint density at radius 2 is 2.05 bits per heavy atom. The van der Waals surface area contributed by atoms with Gasteiger partial charge >= 0.3 is 0 Å². The van der Waals surface area contributed by atoms with E-state index in [0.717, 1.165) is 17.7 Å². The summed E-state index contributed by atoms with van der Waals surface area (Å²) >= 11 is 0. The van der Waals surface area contributed by atoms with Gasteiger partial charge in [0.2, 0.25) is 5.78 Å². The van der Waals surface area contributed by atoms with Gasteiger partial charge in [0.15, 0.2) is 0 Å². The van der Waals surface area contributed by atoms with Gasteiger partial charge in [0.25, 0.3) is 0 Å². The van der Waals surface area contributed by atoms with Crippen LogP contribution < -0.4 is 0 Å². The number of carbonyl (C=O) groups is 1. The highest BCUT2D eigenvalue weighted by atomic mass is 16.1. The molecule has 0 bridgehead atoms. The molecule has 0 N–H and O–H groups in total. The van der Waals surface area contributed by atoms with Gasteiger partial charge in [-0.3, -0.25) is 9.48 Å². The molecule has 3 nitrogen and oxygen atoms in total. The van der Waals surface area contributed by atoms with Gasteiger partial charge in [0.1, 0.15) is 5.69 Å². The monoisotopic (exact) mass is 270 g/mol. The molecular weight excluding hydrogens is 248 g/mol. The Hall–Kier alpha value is -1.90. The number of rotatable bonds is 5. The average molecular weight is 270 g/mol. The van der Waals surface area contributed by atoms with Crippen LogP contribution in [0.15, 0.2) is 30.3 Å². The molecule has 1 aromatic carbocycles. The van der Waals surface area contributed by atoms with Gasteiger partial charge in [-0.2, -0.15) is 5.10 Å². The zero-order valence-corrected chi connectivity index (χ0v) is 12.7. The van der Waals surface area contributed by atoms with E-state index in [1.807, 2.05) is 38.1 Å². The standard InChI is InChI=1S/C17H22N2O/c1-5-19-16(10-13(4)18-19)17(20)15-8-6-7-14(11-15)9-12(2)3/h6-8,10-12H,5,9H2,1-4H3. The lowest BCUT2D eigenvalue weighted by Gasteiger charge is -2.08. The van der Waals surface area contributed by atoms with E-state index in [2.05, 4.69) is 25.0 Å². The maximum absolute atomic E-state index is 12.6. The molecule has 0 aliphatic carbocycles. The maximum atomic E-state index is 12.6. The third kappa shape index (κ3) is 3.16. The normalized spacial score (nSPS) is 11.1.